The van der Waals surface area contributed by atoms with Crippen LogP contribution >= 0.6 is 0 Å². The van der Waals surface area contributed by atoms with E-state index in [4.69, 9.17) is 5.73 Å². The van der Waals surface area contributed by atoms with Gasteiger partial charge in [0.1, 0.15) is 17.5 Å². The summed E-state index contributed by atoms with van der Waals surface area (Å²) in [6.07, 6.45) is 3.00. The maximum absolute atomic E-state index is 5.76. The summed E-state index contributed by atoms with van der Waals surface area (Å²) in [6, 6.07) is 1.79. The van der Waals surface area contributed by atoms with Crippen LogP contribution in [0.1, 0.15) is 46.4 Å². The van der Waals surface area contributed by atoms with Gasteiger partial charge in [-0.15, -0.1) is 0 Å². The lowest BCUT2D eigenvalue weighted by Gasteiger charge is -2.18. The van der Waals surface area contributed by atoms with Crippen molar-refractivity contribution in [3.8, 4) is 0 Å². The second kappa shape index (κ2) is 5.84. The van der Waals surface area contributed by atoms with Gasteiger partial charge in [-0.3, -0.25) is 0 Å². The van der Waals surface area contributed by atoms with E-state index in [0.717, 1.165) is 37.4 Å². The molecule has 1 aromatic rings. The van der Waals surface area contributed by atoms with Crippen molar-refractivity contribution in [1.82, 2.24) is 9.97 Å². The van der Waals surface area contributed by atoms with Gasteiger partial charge in [-0.2, -0.15) is 0 Å². The molecule has 0 fully saturated rings. The average Bonchev–Trinajstić information content (AvgIpc) is 2.15. The summed E-state index contributed by atoms with van der Waals surface area (Å²) in [6.45, 7) is 9.70. The molecule has 0 bridgehead atoms. The highest BCUT2D eigenvalue weighted by atomic mass is 15.0. The fourth-order valence-electron chi connectivity index (χ4n) is 1.51. The Morgan fingerprint density at radius 2 is 2.00 bits per heavy atom. The third kappa shape index (κ3) is 5.52. The summed E-state index contributed by atoms with van der Waals surface area (Å²) in [7, 11) is 0. The summed E-state index contributed by atoms with van der Waals surface area (Å²) >= 11 is 0. The number of anilines is 2. The van der Waals surface area contributed by atoms with E-state index >= 15 is 0 Å². The van der Waals surface area contributed by atoms with Crippen molar-refractivity contribution in [2.24, 2.45) is 5.41 Å². The third-order valence-corrected chi connectivity index (χ3v) is 2.45. The molecule has 0 atom stereocenters. The summed E-state index contributed by atoms with van der Waals surface area (Å²) in [5.41, 5.74) is 6.09. The smallest absolute Gasteiger partial charge is 0.133 e. The number of hydrogen-bond acceptors (Lipinski definition) is 4. The van der Waals surface area contributed by atoms with Crippen LogP contribution in [0.25, 0.3) is 0 Å². The second-order valence-electron chi connectivity index (χ2n) is 5.58. The molecule has 0 aliphatic rings. The van der Waals surface area contributed by atoms with Gasteiger partial charge in [0.2, 0.25) is 0 Å². The highest BCUT2D eigenvalue weighted by molar-refractivity contribution is 5.44. The first-order valence-electron chi connectivity index (χ1n) is 6.28. The molecule has 1 aromatic heterocycles. The molecule has 0 spiro atoms. The first-order chi connectivity index (χ1) is 7.90. The highest BCUT2D eigenvalue weighted by Gasteiger charge is 2.09. The van der Waals surface area contributed by atoms with E-state index < -0.39 is 0 Å². The third-order valence-electron chi connectivity index (χ3n) is 2.45. The van der Waals surface area contributed by atoms with E-state index in [9.17, 15) is 0 Å². The Morgan fingerprint density at radius 1 is 1.29 bits per heavy atom. The molecular formula is C13H24N4. The van der Waals surface area contributed by atoms with E-state index in [2.05, 4.69) is 43.0 Å². The molecule has 0 aliphatic carbocycles. The van der Waals surface area contributed by atoms with Gasteiger partial charge in [0.25, 0.3) is 0 Å². The molecule has 1 rings (SSSR count). The maximum atomic E-state index is 5.76. The average molecular weight is 236 g/mol. The minimum Gasteiger partial charge on any atom is -0.384 e. The molecule has 4 nitrogen and oxygen atoms in total. The molecule has 96 valence electrons. The summed E-state index contributed by atoms with van der Waals surface area (Å²) in [4.78, 5) is 8.65. The van der Waals surface area contributed by atoms with Crippen molar-refractivity contribution >= 4 is 11.6 Å². The molecule has 0 unspecified atom stereocenters. The Balaban J connectivity index is 2.58. The Hall–Kier alpha value is -1.32. The van der Waals surface area contributed by atoms with E-state index in [-0.39, 0.29) is 0 Å². The van der Waals surface area contributed by atoms with Crippen LogP contribution in [0.15, 0.2) is 6.07 Å². The number of hydrogen-bond donors (Lipinski definition) is 2. The number of rotatable bonds is 5. The van der Waals surface area contributed by atoms with E-state index in [1.165, 1.54) is 0 Å². The fraction of sp³-hybridized carbons (Fsp3) is 0.692. The Bertz CT molecular complexity index is 355. The maximum Gasteiger partial charge on any atom is 0.133 e. The second-order valence-corrected chi connectivity index (χ2v) is 5.58. The van der Waals surface area contributed by atoms with Crippen molar-refractivity contribution in [1.29, 1.82) is 0 Å². The van der Waals surface area contributed by atoms with Crippen molar-refractivity contribution in [2.75, 3.05) is 17.6 Å². The number of nitrogens with one attached hydrogen (secondary N) is 1. The van der Waals surface area contributed by atoms with Crippen LogP contribution in [0, 0.1) is 5.41 Å². The Labute approximate surface area is 104 Å². The lowest BCUT2D eigenvalue weighted by Crippen LogP contribution is -2.14. The van der Waals surface area contributed by atoms with Crippen LogP contribution in [0.4, 0.5) is 11.6 Å². The van der Waals surface area contributed by atoms with Gasteiger partial charge in [0.05, 0.1) is 0 Å². The largest absolute Gasteiger partial charge is 0.384 e. The number of nitrogens with zero attached hydrogens (tertiary/aromatic N) is 2. The van der Waals surface area contributed by atoms with E-state index in [1.54, 1.807) is 6.07 Å². The zero-order valence-electron chi connectivity index (χ0n) is 11.4. The van der Waals surface area contributed by atoms with Gasteiger partial charge in [-0.25, -0.2) is 9.97 Å². The normalized spacial score (nSPS) is 11.5. The Morgan fingerprint density at radius 3 is 2.59 bits per heavy atom. The topological polar surface area (TPSA) is 63.8 Å². The van der Waals surface area contributed by atoms with Crippen LogP contribution in [0.5, 0.6) is 0 Å². The van der Waals surface area contributed by atoms with Crippen molar-refractivity contribution in [3.05, 3.63) is 11.9 Å². The molecule has 0 aliphatic heterocycles. The zero-order chi connectivity index (χ0) is 12.9. The van der Waals surface area contributed by atoms with Crippen LogP contribution in [-0.2, 0) is 6.42 Å². The summed E-state index contributed by atoms with van der Waals surface area (Å²) in [5, 5.41) is 3.31. The van der Waals surface area contributed by atoms with Gasteiger partial charge in [-0.1, -0.05) is 27.7 Å². The first-order valence-corrected chi connectivity index (χ1v) is 6.28. The number of aromatic nitrogens is 2. The first kappa shape index (κ1) is 13.7. The van der Waals surface area contributed by atoms with Gasteiger partial charge in [0, 0.05) is 19.0 Å². The predicted molar refractivity (Wildman–Crippen MR) is 73.0 cm³/mol. The van der Waals surface area contributed by atoms with Gasteiger partial charge in [-0.05, 0) is 18.3 Å². The standard InChI is InChI=1S/C13H24N4/c1-5-6-11-16-10(14)9-12(17-11)15-8-7-13(2,3)4/h9H,5-8H2,1-4H3,(H3,14,15,16,17). The molecule has 0 amide bonds. The van der Waals surface area contributed by atoms with Crippen LogP contribution in [-0.4, -0.2) is 16.5 Å². The molecule has 3 N–H and O–H groups in total. The predicted octanol–water partition coefficient (Wildman–Crippen LogP) is 2.86. The minimum absolute atomic E-state index is 0.331. The highest BCUT2D eigenvalue weighted by Crippen LogP contribution is 2.18. The molecule has 17 heavy (non-hydrogen) atoms. The monoisotopic (exact) mass is 236 g/mol. The number of nitrogens with two attached hydrogens (primary N) is 1. The number of nitrogen functional groups attached to an aromatic ring is 1. The summed E-state index contributed by atoms with van der Waals surface area (Å²) < 4.78 is 0. The minimum atomic E-state index is 0.331. The quantitative estimate of drug-likeness (QED) is 0.825. The molecular weight excluding hydrogens is 212 g/mol. The van der Waals surface area contributed by atoms with Crippen LogP contribution in [0.3, 0.4) is 0 Å². The lowest BCUT2D eigenvalue weighted by molar-refractivity contribution is 0.389. The van der Waals surface area contributed by atoms with Crippen LogP contribution < -0.4 is 11.1 Å². The van der Waals surface area contributed by atoms with E-state index in [1.807, 2.05) is 0 Å². The molecule has 1 heterocycles. The fourth-order valence-corrected chi connectivity index (χ4v) is 1.51. The van der Waals surface area contributed by atoms with Crippen molar-refractivity contribution in [2.45, 2.75) is 47.0 Å². The lowest BCUT2D eigenvalue weighted by atomic mass is 9.92. The summed E-state index contributed by atoms with van der Waals surface area (Å²) in [5.74, 6) is 2.21. The Kier molecular flexibility index (Phi) is 4.73. The van der Waals surface area contributed by atoms with Gasteiger partial charge >= 0.3 is 0 Å². The SMILES string of the molecule is CCCc1nc(N)cc(NCCC(C)(C)C)n1. The van der Waals surface area contributed by atoms with Crippen LogP contribution in [0.2, 0.25) is 0 Å². The molecule has 0 saturated carbocycles. The number of aryl methyl sites for hydroxylation is 1. The zero-order valence-corrected chi connectivity index (χ0v) is 11.4. The molecule has 0 aromatic carbocycles. The van der Waals surface area contributed by atoms with Gasteiger partial charge < -0.3 is 11.1 Å². The van der Waals surface area contributed by atoms with Crippen molar-refractivity contribution in [3.63, 3.8) is 0 Å². The molecule has 4 heteroatoms. The molecule has 0 radical (unpaired) electrons. The molecule has 0 saturated heterocycles. The van der Waals surface area contributed by atoms with Gasteiger partial charge in [0.15, 0.2) is 0 Å². The van der Waals surface area contributed by atoms with E-state index in [0.29, 0.717) is 11.2 Å². The van der Waals surface area contributed by atoms with Crippen molar-refractivity contribution < 1.29 is 0 Å².